The molecule has 0 amide bonds. The lowest BCUT2D eigenvalue weighted by atomic mass is 10.2. The highest BCUT2D eigenvalue weighted by atomic mass is 16.5. The van der Waals surface area contributed by atoms with Gasteiger partial charge in [0.2, 0.25) is 0 Å². The van der Waals surface area contributed by atoms with Gasteiger partial charge in [0, 0.05) is 19.8 Å². The summed E-state index contributed by atoms with van der Waals surface area (Å²) in [5.41, 5.74) is 2.54. The van der Waals surface area contributed by atoms with Crippen molar-refractivity contribution in [2.75, 3.05) is 13.2 Å². The Morgan fingerprint density at radius 1 is 1.21 bits per heavy atom. The third-order valence-electron chi connectivity index (χ3n) is 2.91. The minimum absolute atomic E-state index is 0.711. The number of ether oxygens (including phenoxy) is 1. The molecule has 102 valence electrons. The number of aryl methyl sites for hydroxylation is 1. The van der Waals surface area contributed by atoms with Crippen LogP contribution in [0.1, 0.15) is 18.1 Å². The quantitative estimate of drug-likeness (QED) is 0.774. The third kappa shape index (κ3) is 4.41. The van der Waals surface area contributed by atoms with E-state index in [2.05, 4.69) is 28.7 Å². The Balaban J connectivity index is 1.70. The molecule has 1 aromatic heterocycles. The summed E-state index contributed by atoms with van der Waals surface area (Å²) in [4.78, 5) is 0. The zero-order valence-corrected chi connectivity index (χ0v) is 11.6. The number of hydrogen-bond acceptors (Lipinski definition) is 3. The second-order valence-electron chi connectivity index (χ2n) is 4.53. The molecular weight excluding hydrogens is 238 g/mol. The van der Waals surface area contributed by atoms with E-state index in [1.165, 1.54) is 11.1 Å². The fraction of sp³-hybridized carbons (Fsp3) is 0.400. The second-order valence-corrected chi connectivity index (χ2v) is 4.53. The lowest BCUT2D eigenvalue weighted by Gasteiger charge is -2.06. The van der Waals surface area contributed by atoms with Crippen LogP contribution in [0.5, 0.6) is 5.75 Å². The molecule has 2 aromatic rings. The maximum Gasteiger partial charge on any atom is 0.119 e. The molecule has 0 atom stereocenters. The molecule has 1 aromatic carbocycles. The molecule has 0 spiro atoms. The van der Waals surface area contributed by atoms with Crippen molar-refractivity contribution in [1.82, 2.24) is 15.1 Å². The first kappa shape index (κ1) is 13.6. The Labute approximate surface area is 114 Å². The summed E-state index contributed by atoms with van der Waals surface area (Å²) in [6, 6.07) is 8.23. The summed E-state index contributed by atoms with van der Waals surface area (Å²) in [6.45, 7) is 4.54. The lowest BCUT2D eigenvalue weighted by Crippen LogP contribution is -2.16. The highest BCUT2D eigenvalue weighted by Crippen LogP contribution is 2.11. The average molecular weight is 259 g/mol. The topological polar surface area (TPSA) is 39.1 Å². The van der Waals surface area contributed by atoms with Gasteiger partial charge >= 0.3 is 0 Å². The van der Waals surface area contributed by atoms with Crippen LogP contribution in [0, 0.1) is 0 Å². The van der Waals surface area contributed by atoms with E-state index in [9.17, 15) is 0 Å². The SMILES string of the molecule is CCOc1ccc(CNCCc2cnn(C)c2)cc1. The largest absolute Gasteiger partial charge is 0.494 e. The Morgan fingerprint density at radius 3 is 2.63 bits per heavy atom. The maximum atomic E-state index is 5.42. The van der Waals surface area contributed by atoms with Crippen molar-refractivity contribution in [3.63, 3.8) is 0 Å². The molecule has 0 fully saturated rings. The molecule has 0 radical (unpaired) electrons. The summed E-state index contributed by atoms with van der Waals surface area (Å²) in [6.07, 6.45) is 4.97. The van der Waals surface area contributed by atoms with Gasteiger partial charge in [-0.3, -0.25) is 4.68 Å². The van der Waals surface area contributed by atoms with E-state index in [0.717, 1.165) is 25.3 Å². The van der Waals surface area contributed by atoms with Crippen LogP contribution in [0.15, 0.2) is 36.7 Å². The second kappa shape index (κ2) is 6.95. The van der Waals surface area contributed by atoms with Crippen LogP contribution in [0.25, 0.3) is 0 Å². The van der Waals surface area contributed by atoms with Gasteiger partial charge in [-0.25, -0.2) is 0 Å². The molecule has 0 saturated heterocycles. The fourth-order valence-corrected chi connectivity index (χ4v) is 1.94. The summed E-state index contributed by atoms with van der Waals surface area (Å²) in [7, 11) is 1.94. The maximum absolute atomic E-state index is 5.42. The predicted molar refractivity (Wildman–Crippen MR) is 76.2 cm³/mol. The minimum atomic E-state index is 0.711. The molecule has 1 N–H and O–H groups in total. The normalized spacial score (nSPS) is 10.6. The van der Waals surface area contributed by atoms with Crippen molar-refractivity contribution < 1.29 is 4.74 Å². The number of rotatable bonds is 7. The van der Waals surface area contributed by atoms with Gasteiger partial charge in [0.05, 0.1) is 12.8 Å². The summed E-state index contributed by atoms with van der Waals surface area (Å²) >= 11 is 0. The molecule has 0 aliphatic carbocycles. The van der Waals surface area contributed by atoms with Crippen LogP contribution in [0.2, 0.25) is 0 Å². The van der Waals surface area contributed by atoms with Crippen LogP contribution in [-0.2, 0) is 20.0 Å². The molecule has 0 aliphatic heterocycles. The van der Waals surface area contributed by atoms with E-state index in [-0.39, 0.29) is 0 Å². The smallest absolute Gasteiger partial charge is 0.119 e. The van der Waals surface area contributed by atoms with Crippen molar-refractivity contribution in [1.29, 1.82) is 0 Å². The van der Waals surface area contributed by atoms with E-state index in [1.54, 1.807) is 0 Å². The predicted octanol–water partition coefficient (Wildman–Crippen LogP) is 2.15. The first-order chi connectivity index (χ1) is 9.28. The molecule has 4 nitrogen and oxygen atoms in total. The van der Waals surface area contributed by atoms with Crippen molar-refractivity contribution in [2.45, 2.75) is 19.9 Å². The number of nitrogens with one attached hydrogen (secondary N) is 1. The first-order valence-corrected chi connectivity index (χ1v) is 6.68. The van der Waals surface area contributed by atoms with Crippen molar-refractivity contribution in [3.05, 3.63) is 47.8 Å². The fourth-order valence-electron chi connectivity index (χ4n) is 1.94. The molecule has 4 heteroatoms. The number of aromatic nitrogens is 2. The van der Waals surface area contributed by atoms with Gasteiger partial charge < -0.3 is 10.1 Å². The van der Waals surface area contributed by atoms with Gasteiger partial charge in [-0.15, -0.1) is 0 Å². The Hall–Kier alpha value is -1.81. The molecule has 0 saturated carbocycles. The van der Waals surface area contributed by atoms with E-state index >= 15 is 0 Å². The van der Waals surface area contributed by atoms with Gasteiger partial charge in [-0.1, -0.05) is 12.1 Å². The summed E-state index contributed by atoms with van der Waals surface area (Å²) in [5.74, 6) is 0.932. The van der Waals surface area contributed by atoms with E-state index in [4.69, 9.17) is 4.74 Å². The standard InChI is InChI=1S/C15H21N3O/c1-3-19-15-6-4-13(5-7-15)10-16-9-8-14-11-17-18(2)12-14/h4-7,11-12,16H,3,8-10H2,1-2H3. The van der Waals surface area contributed by atoms with Gasteiger partial charge in [0.1, 0.15) is 5.75 Å². The average Bonchev–Trinajstić information content (AvgIpc) is 2.83. The van der Waals surface area contributed by atoms with Crippen LogP contribution >= 0.6 is 0 Å². The highest BCUT2D eigenvalue weighted by molar-refractivity contribution is 5.27. The van der Waals surface area contributed by atoms with Crippen LogP contribution in [0.3, 0.4) is 0 Å². The Bertz CT molecular complexity index is 490. The van der Waals surface area contributed by atoms with Gasteiger partial charge in [-0.05, 0) is 43.1 Å². The zero-order valence-electron chi connectivity index (χ0n) is 11.6. The highest BCUT2D eigenvalue weighted by Gasteiger charge is 1.97. The minimum Gasteiger partial charge on any atom is -0.494 e. The monoisotopic (exact) mass is 259 g/mol. The van der Waals surface area contributed by atoms with Crippen LogP contribution in [-0.4, -0.2) is 22.9 Å². The first-order valence-electron chi connectivity index (χ1n) is 6.68. The van der Waals surface area contributed by atoms with Crippen molar-refractivity contribution in [2.24, 2.45) is 7.05 Å². The molecule has 0 unspecified atom stereocenters. The molecular formula is C15H21N3O. The zero-order chi connectivity index (χ0) is 13.5. The molecule has 0 aliphatic rings. The van der Waals surface area contributed by atoms with Crippen molar-refractivity contribution >= 4 is 0 Å². The molecule has 1 heterocycles. The summed E-state index contributed by atoms with van der Waals surface area (Å²) in [5, 5.41) is 7.59. The Kier molecular flexibility index (Phi) is 4.98. The molecule has 2 rings (SSSR count). The van der Waals surface area contributed by atoms with E-state index in [0.29, 0.717) is 6.61 Å². The number of hydrogen-bond donors (Lipinski definition) is 1. The van der Waals surface area contributed by atoms with Gasteiger partial charge in [0.25, 0.3) is 0 Å². The van der Waals surface area contributed by atoms with Gasteiger partial charge in [0.15, 0.2) is 0 Å². The number of nitrogens with zero attached hydrogens (tertiary/aromatic N) is 2. The van der Waals surface area contributed by atoms with Crippen LogP contribution in [0.4, 0.5) is 0 Å². The number of benzene rings is 1. The van der Waals surface area contributed by atoms with Crippen molar-refractivity contribution in [3.8, 4) is 5.75 Å². The van der Waals surface area contributed by atoms with Gasteiger partial charge in [-0.2, -0.15) is 5.10 Å². The summed E-state index contributed by atoms with van der Waals surface area (Å²) < 4.78 is 7.25. The molecule has 0 bridgehead atoms. The van der Waals surface area contributed by atoms with E-state index in [1.807, 2.05) is 37.0 Å². The van der Waals surface area contributed by atoms with Crippen LogP contribution < -0.4 is 10.1 Å². The lowest BCUT2D eigenvalue weighted by molar-refractivity contribution is 0.340. The van der Waals surface area contributed by atoms with E-state index < -0.39 is 0 Å². The third-order valence-corrected chi connectivity index (χ3v) is 2.91. The molecule has 19 heavy (non-hydrogen) atoms. The Morgan fingerprint density at radius 2 is 2.00 bits per heavy atom.